The van der Waals surface area contributed by atoms with Gasteiger partial charge in [0.05, 0.1) is 0 Å². The highest BCUT2D eigenvalue weighted by atomic mass is 19.1. The number of amides is 1. The molecule has 5 aromatic rings. The van der Waals surface area contributed by atoms with Gasteiger partial charge in [-0.1, -0.05) is 40.7 Å². The molecule has 0 aliphatic heterocycles. The van der Waals surface area contributed by atoms with E-state index in [9.17, 15) is 9.18 Å². The Morgan fingerprint density at radius 1 is 1.05 bits per heavy atom. The molecule has 0 aliphatic rings. The van der Waals surface area contributed by atoms with Gasteiger partial charge in [0.25, 0.3) is 5.89 Å². The maximum absolute atomic E-state index is 14.7. The Hall–Kier alpha value is -4.93. The number of alkyl carbamates (subject to hydrolysis) is 1. The van der Waals surface area contributed by atoms with Crippen molar-refractivity contribution in [2.45, 2.75) is 32.9 Å². The van der Waals surface area contributed by atoms with Crippen LogP contribution in [0.5, 0.6) is 0 Å². The highest BCUT2D eigenvalue weighted by Crippen LogP contribution is 2.32. The van der Waals surface area contributed by atoms with Crippen LogP contribution in [0, 0.1) is 5.82 Å². The minimum Gasteiger partial charge on any atom is -0.444 e. The Labute approximate surface area is 217 Å². The number of nitrogens with zero attached hydrogens (tertiary/aromatic N) is 6. The summed E-state index contributed by atoms with van der Waals surface area (Å²) in [4.78, 5) is 20.6. The molecule has 0 spiro atoms. The Balaban J connectivity index is 1.46. The van der Waals surface area contributed by atoms with Crippen molar-refractivity contribution in [2.24, 2.45) is 0 Å². The largest absolute Gasteiger partial charge is 0.444 e. The molecule has 0 bridgehead atoms. The van der Waals surface area contributed by atoms with Crippen LogP contribution in [0.2, 0.25) is 0 Å². The number of rotatable bonds is 6. The van der Waals surface area contributed by atoms with E-state index in [2.05, 4.69) is 30.8 Å². The summed E-state index contributed by atoms with van der Waals surface area (Å²) in [6.07, 6.45) is 2.73. The van der Waals surface area contributed by atoms with Crippen LogP contribution < -0.4 is 5.32 Å². The summed E-state index contributed by atoms with van der Waals surface area (Å²) in [6, 6.07) is 17.2. The molecular weight excluding hydrogens is 489 g/mol. The van der Waals surface area contributed by atoms with Gasteiger partial charge in [-0.25, -0.2) is 13.9 Å². The van der Waals surface area contributed by atoms with E-state index in [-0.39, 0.29) is 18.1 Å². The monoisotopic (exact) mass is 513 g/mol. The third-order valence-electron chi connectivity index (χ3n) is 5.35. The summed E-state index contributed by atoms with van der Waals surface area (Å²) in [5, 5.41) is 15.3. The van der Waals surface area contributed by atoms with Crippen molar-refractivity contribution in [3.05, 3.63) is 84.4 Å². The number of benzene rings is 2. The van der Waals surface area contributed by atoms with E-state index in [0.29, 0.717) is 28.3 Å². The number of carbonyl (C=O) groups is 1. The van der Waals surface area contributed by atoms with Crippen molar-refractivity contribution >= 4 is 6.09 Å². The maximum atomic E-state index is 14.7. The lowest BCUT2D eigenvalue weighted by molar-refractivity contribution is 0.0523. The average molecular weight is 514 g/mol. The van der Waals surface area contributed by atoms with E-state index in [1.54, 1.807) is 63.5 Å². The fourth-order valence-corrected chi connectivity index (χ4v) is 3.73. The number of para-hydroxylation sites is 1. The Bertz CT molecular complexity index is 1580. The van der Waals surface area contributed by atoms with Gasteiger partial charge in [-0.05, 0) is 56.7 Å². The summed E-state index contributed by atoms with van der Waals surface area (Å²) < 4.78 is 26.9. The standard InChI is InChI=1S/C27H24FN7O3/c1-27(2,3)37-26(36)30-16-17-7-6-8-19(15-17)24-31-25(38-33-24)22-23(18-11-13-29-14-12-18)35(34-32-22)21-10-5-4-9-20(21)28/h4-15H,16H2,1-3H3,(H,30,36). The molecule has 0 saturated carbocycles. The predicted molar refractivity (Wildman–Crippen MR) is 136 cm³/mol. The second-order valence-corrected chi connectivity index (χ2v) is 9.36. The van der Waals surface area contributed by atoms with E-state index in [0.717, 1.165) is 5.56 Å². The number of hydrogen-bond donors (Lipinski definition) is 1. The van der Waals surface area contributed by atoms with Gasteiger partial charge in [0, 0.05) is 30.1 Å². The Kier molecular flexibility index (Phi) is 6.65. The third kappa shape index (κ3) is 5.41. The second-order valence-electron chi connectivity index (χ2n) is 9.36. The van der Waals surface area contributed by atoms with Crippen LogP contribution in [-0.2, 0) is 11.3 Å². The minimum absolute atomic E-state index is 0.117. The van der Waals surface area contributed by atoms with Crippen molar-refractivity contribution in [1.82, 2.24) is 35.4 Å². The SMILES string of the molecule is CC(C)(C)OC(=O)NCc1cccc(-c2noc(-c3nnn(-c4ccccc4F)c3-c3ccncc3)n2)c1. The number of carbonyl (C=O) groups excluding carboxylic acids is 1. The molecule has 5 rings (SSSR count). The predicted octanol–water partition coefficient (Wildman–Crippen LogP) is 5.21. The van der Waals surface area contributed by atoms with Crippen LogP contribution >= 0.6 is 0 Å². The molecule has 0 radical (unpaired) electrons. The van der Waals surface area contributed by atoms with Crippen molar-refractivity contribution in [3.8, 4) is 39.9 Å². The van der Waals surface area contributed by atoms with Crippen LogP contribution in [0.15, 0.2) is 77.6 Å². The summed E-state index contributed by atoms with van der Waals surface area (Å²) in [6.45, 7) is 5.67. The summed E-state index contributed by atoms with van der Waals surface area (Å²) in [7, 11) is 0. The molecule has 3 aromatic heterocycles. The fourth-order valence-electron chi connectivity index (χ4n) is 3.73. The van der Waals surface area contributed by atoms with Crippen molar-refractivity contribution in [2.75, 3.05) is 0 Å². The molecule has 11 heteroatoms. The molecule has 1 N–H and O–H groups in total. The number of aromatic nitrogens is 6. The Morgan fingerprint density at radius 3 is 2.61 bits per heavy atom. The first-order valence-electron chi connectivity index (χ1n) is 11.8. The molecule has 0 saturated heterocycles. The minimum atomic E-state index is -0.587. The summed E-state index contributed by atoms with van der Waals surface area (Å²) in [5.74, 6) is -0.0193. The molecule has 2 aromatic carbocycles. The van der Waals surface area contributed by atoms with Gasteiger partial charge >= 0.3 is 6.09 Å². The zero-order valence-electron chi connectivity index (χ0n) is 20.9. The lowest BCUT2D eigenvalue weighted by Crippen LogP contribution is -2.32. The van der Waals surface area contributed by atoms with E-state index in [1.807, 2.05) is 24.3 Å². The van der Waals surface area contributed by atoms with E-state index in [4.69, 9.17) is 9.26 Å². The lowest BCUT2D eigenvalue weighted by atomic mass is 10.1. The molecule has 0 unspecified atom stereocenters. The van der Waals surface area contributed by atoms with Gasteiger partial charge in [-0.2, -0.15) is 4.98 Å². The van der Waals surface area contributed by atoms with Crippen molar-refractivity contribution in [1.29, 1.82) is 0 Å². The fraction of sp³-hybridized carbons (Fsp3) is 0.185. The molecular formula is C27H24FN7O3. The zero-order chi connectivity index (χ0) is 26.7. The number of pyridine rings is 1. The molecule has 1 amide bonds. The van der Waals surface area contributed by atoms with E-state index in [1.165, 1.54) is 10.7 Å². The van der Waals surface area contributed by atoms with Crippen LogP contribution in [0.4, 0.5) is 9.18 Å². The van der Waals surface area contributed by atoms with Crippen LogP contribution in [-0.4, -0.2) is 41.8 Å². The van der Waals surface area contributed by atoms with Crippen molar-refractivity contribution < 1.29 is 18.4 Å². The molecule has 0 aliphatic carbocycles. The zero-order valence-corrected chi connectivity index (χ0v) is 20.9. The topological polar surface area (TPSA) is 121 Å². The van der Waals surface area contributed by atoms with E-state index < -0.39 is 17.5 Å². The molecule has 3 heterocycles. The quantitative estimate of drug-likeness (QED) is 0.328. The highest BCUT2D eigenvalue weighted by Gasteiger charge is 2.24. The third-order valence-corrected chi connectivity index (χ3v) is 5.35. The van der Waals surface area contributed by atoms with E-state index >= 15 is 0 Å². The lowest BCUT2D eigenvalue weighted by Gasteiger charge is -2.19. The number of ether oxygens (including phenoxy) is 1. The first-order valence-corrected chi connectivity index (χ1v) is 11.8. The number of nitrogens with one attached hydrogen (secondary N) is 1. The van der Waals surface area contributed by atoms with Crippen LogP contribution in [0.3, 0.4) is 0 Å². The molecule has 10 nitrogen and oxygen atoms in total. The van der Waals surface area contributed by atoms with Gasteiger partial charge in [0.2, 0.25) is 5.82 Å². The maximum Gasteiger partial charge on any atom is 0.407 e. The van der Waals surface area contributed by atoms with Gasteiger partial charge < -0.3 is 14.6 Å². The normalized spacial score (nSPS) is 11.4. The average Bonchev–Trinajstić information content (AvgIpc) is 3.55. The molecule has 0 atom stereocenters. The number of halogens is 1. The van der Waals surface area contributed by atoms with Gasteiger partial charge in [-0.3, -0.25) is 4.98 Å². The first kappa shape index (κ1) is 24.8. The molecule has 0 fully saturated rings. The highest BCUT2D eigenvalue weighted by molar-refractivity contribution is 5.76. The summed E-state index contributed by atoms with van der Waals surface area (Å²) >= 11 is 0. The smallest absolute Gasteiger partial charge is 0.407 e. The number of hydrogen-bond acceptors (Lipinski definition) is 8. The van der Waals surface area contributed by atoms with Crippen LogP contribution in [0.1, 0.15) is 26.3 Å². The van der Waals surface area contributed by atoms with Gasteiger partial charge in [0.15, 0.2) is 5.69 Å². The second kappa shape index (κ2) is 10.2. The van der Waals surface area contributed by atoms with Crippen molar-refractivity contribution in [3.63, 3.8) is 0 Å². The van der Waals surface area contributed by atoms with Crippen LogP contribution in [0.25, 0.3) is 39.9 Å². The summed E-state index contributed by atoms with van der Waals surface area (Å²) in [5.41, 5.74) is 2.60. The van der Waals surface area contributed by atoms with Gasteiger partial charge in [0.1, 0.15) is 22.8 Å². The molecule has 192 valence electrons. The Morgan fingerprint density at radius 2 is 1.84 bits per heavy atom. The first-order chi connectivity index (χ1) is 18.3. The molecule has 38 heavy (non-hydrogen) atoms. The van der Waals surface area contributed by atoms with Gasteiger partial charge in [-0.15, -0.1) is 5.10 Å².